The predicted octanol–water partition coefficient (Wildman–Crippen LogP) is 7.04. The first kappa shape index (κ1) is 25.4. The van der Waals surface area contributed by atoms with E-state index in [4.69, 9.17) is 23.2 Å². The standard InChI is InChI=1S/C25H28Cl2N4O/c1-17(2)23(15-9-19-5-11-21(26)12-6-19)28-30-25(32)31-29-24(18(3)4)16-10-20-7-13-22(27)14-8-20/h5-18H,1-4H3,(H2,30,31,32)/b15-9-,16-10-,28-23-,29-24+. The third-order valence-corrected chi connectivity index (χ3v) is 4.89. The molecule has 0 saturated heterocycles. The largest absolute Gasteiger partial charge is 0.355 e. The molecule has 2 amide bonds. The zero-order valence-corrected chi connectivity index (χ0v) is 20.2. The summed E-state index contributed by atoms with van der Waals surface area (Å²) in [5, 5.41) is 9.81. The summed E-state index contributed by atoms with van der Waals surface area (Å²) < 4.78 is 0. The second-order valence-electron chi connectivity index (χ2n) is 7.71. The van der Waals surface area contributed by atoms with Crippen LogP contribution < -0.4 is 10.9 Å². The molecule has 7 heteroatoms. The molecule has 2 rings (SSSR count). The summed E-state index contributed by atoms with van der Waals surface area (Å²) in [6.07, 6.45) is 7.58. The number of halogens is 2. The van der Waals surface area contributed by atoms with Crippen molar-refractivity contribution in [1.29, 1.82) is 0 Å². The van der Waals surface area contributed by atoms with Crippen LogP contribution in [0.1, 0.15) is 38.8 Å². The number of hydrazone groups is 2. The van der Waals surface area contributed by atoms with E-state index >= 15 is 0 Å². The summed E-state index contributed by atoms with van der Waals surface area (Å²) in [7, 11) is 0. The van der Waals surface area contributed by atoms with Crippen molar-refractivity contribution in [2.75, 3.05) is 0 Å². The van der Waals surface area contributed by atoms with Crippen LogP contribution >= 0.6 is 23.2 Å². The van der Waals surface area contributed by atoms with Gasteiger partial charge in [0.05, 0.1) is 11.4 Å². The number of benzene rings is 2. The summed E-state index contributed by atoms with van der Waals surface area (Å²) in [5.41, 5.74) is 8.45. The van der Waals surface area contributed by atoms with Gasteiger partial charge < -0.3 is 0 Å². The van der Waals surface area contributed by atoms with Crippen LogP contribution in [-0.4, -0.2) is 17.5 Å². The fourth-order valence-corrected chi connectivity index (χ4v) is 2.74. The van der Waals surface area contributed by atoms with Crippen molar-refractivity contribution in [1.82, 2.24) is 10.9 Å². The van der Waals surface area contributed by atoms with Crippen LogP contribution in [0, 0.1) is 11.8 Å². The molecule has 0 aliphatic rings. The van der Waals surface area contributed by atoms with Gasteiger partial charge in [-0.15, -0.1) is 0 Å². The van der Waals surface area contributed by atoms with E-state index in [1.807, 2.05) is 101 Å². The van der Waals surface area contributed by atoms with Gasteiger partial charge in [-0.2, -0.15) is 10.2 Å². The van der Waals surface area contributed by atoms with Gasteiger partial charge in [0, 0.05) is 10.0 Å². The molecule has 0 aliphatic carbocycles. The number of carbonyl (C=O) groups excluding carboxylic acids is 1. The number of nitrogens with one attached hydrogen (secondary N) is 2. The van der Waals surface area contributed by atoms with Crippen molar-refractivity contribution in [3.63, 3.8) is 0 Å². The number of hydrogen-bond acceptors (Lipinski definition) is 3. The van der Waals surface area contributed by atoms with Crippen LogP contribution in [0.15, 0.2) is 70.9 Å². The molecular weight excluding hydrogens is 443 g/mol. The highest BCUT2D eigenvalue weighted by atomic mass is 35.5. The van der Waals surface area contributed by atoms with Crippen molar-refractivity contribution in [3.05, 3.63) is 81.9 Å². The number of allylic oxidation sites excluding steroid dienone is 2. The normalized spacial score (nSPS) is 12.9. The van der Waals surface area contributed by atoms with Crippen LogP contribution in [0.5, 0.6) is 0 Å². The van der Waals surface area contributed by atoms with E-state index in [9.17, 15) is 4.79 Å². The number of urea groups is 1. The Hall–Kier alpha value is -2.89. The molecule has 2 aromatic carbocycles. The maximum Gasteiger partial charge on any atom is 0.355 e. The Morgan fingerprint density at radius 2 is 1.06 bits per heavy atom. The lowest BCUT2D eigenvalue weighted by atomic mass is 10.1. The summed E-state index contributed by atoms with van der Waals surface area (Å²) in [5.74, 6) is 0.242. The highest BCUT2D eigenvalue weighted by Crippen LogP contribution is 2.12. The van der Waals surface area contributed by atoms with E-state index in [0.29, 0.717) is 10.0 Å². The van der Waals surface area contributed by atoms with Crippen molar-refractivity contribution in [2.24, 2.45) is 22.0 Å². The first-order chi connectivity index (χ1) is 15.2. The van der Waals surface area contributed by atoms with E-state index in [1.165, 1.54) is 0 Å². The summed E-state index contributed by atoms with van der Waals surface area (Å²) in [4.78, 5) is 12.2. The quantitative estimate of drug-likeness (QED) is 0.315. The van der Waals surface area contributed by atoms with Crippen molar-refractivity contribution in [3.8, 4) is 0 Å². The minimum atomic E-state index is -0.513. The molecule has 5 nitrogen and oxygen atoms in total. The van der Waals surface area contributed by atoms with Crippen LogP contribution in [0.2, 0.25) is 10.0 Å². The molecule has 168 valence electrons. The van der Waals surface area contributed by atoms with Gasteiger partial charge >= 0.3 is 6.03 Å². The fourth-order valence-electron chi connectivity index (χ4n) is 2.48. The van der Waals surface area contributed by atoms with E-state index in [0.717, 1.165) is 22.6 Å². The minimum absolute atomic E-state index is 0.121. The Balaban J connectivity index is 2.01. The van der Waals surface area contributed by atoms with Crippen molar-refractivity contribution in [2.45, 2.75) is 27.7 Å². The van der Waals surface area contributed by atoms with Crippen LogP contribution in [0.4, 0.5) is 4.79 Å². The topological polar surface area (TPSA) is 65.8 Å². The molecule has 0 aliphatic heterocycles. The molecule has 0 saturated carbocycles. The molecular formula is C25H28Cl2N4O. The molecule has 0 aromatic heterocycles. The van der Waals surface area contributed by atoms with Crippen LogP contribution in [0.3, 0.4) is 0 Å². The molecule has 0 radical (unpaired) electrons. The molecule has 0 fully saturated rings. The van der Waals surface area contributed by atoms with Crippen molar-refractivity contribution >= 4 is 52.8 Å². The van der Waals surface area contributed by atoms with E-state index in [-0.39, 0.29) is 11.8 Å². The van der Waals surface area contributed by atoms with Gasteiger partial charge in [-0.05, 0) is 59.4 Å². The van der Waals surface area contributed by atoms with Gasteiger partial charge in [0.15, 0.2) is 0 Å². The minimum Gasteiger partial charge on any atom is -0.245 e. The first-order valence-electron chi connectivity index (χ1n) is 10.3. The maximum absolute atomic E-state index is 12.2. The fraction of sp³-hybridized carbons (Fsp3) is 0.240. The van der Waals surface area contributed by atoms with E-state index in [2.05, 4.69) is 21.1 Å². The lowest BCUT2D eigenvalue weighted by Crippen LogP contribution is -2.31. The highest BCUT2D eigenvalue weighted by molar-refractivity contribution is 6.30. The molecule has 2 aromatic rings. The number of carbonyl (C=O) groups is 1. The van der Waals surface area contributed by atoms with Crippen LogP contribution in [0.25, 0.3) is 12.2 Å². The zero-order valence-electron chi connectivity index (χ0n) is 18.6. The van der Waals surface area contributed by atoms with Crippen LogP contribution in [-0.2, 0) is 0 Å². The van der Waals surface area contributed by atoms with Gasteiger partial charge in [0.2, 0.25) is 0 Å². The Morgan fingerprint density at radius 3 is 1.38 bits per heavy atom. The second kappa shape index (κ2) is 12.8. The Labute approximate surface area is 199 Å². The molecule has 0 atom stereocenters. The summed E-state index contributed by atoms with van der Waals surface area (Å²) in [6.45, 7) is 8.00. The molecule has 2 N–H and O–H groups in total. The Morgan fingerprint density at radius 1 is 0.719 bits per heavy atom. The molecule has 0 heterocycles. The number of nitrogens with zero attached hydrogens (tertiary/aromatic N) is 2. The van der Waals surface area contributed by atoms with Gasteiger partial charge in [-0.25, -0.2) is 15.6 Å². The summed E-state index contributed by atoms with van der Waals surface area (Å²) in [6, 6.07) is 14.4. The molecule has 0 bridgehead atoms. The third-order valence-electron chi connectivity index (χ3n) is 4.39. The Bertz CT molecular complexity index is 924. The number of amides is 2. The van der Waals surface area contributed by atoms with Crippen molar-refractivity contribution < 1.29 is 4.79 Å². The maximum atomic E-state index is 12.2. The lowest BCUT2D eigenvalue weighted by molar-refractivity contribution is 0.241. The molecule has 0 unspecified atom stereocenters. The van der Waals surface area contributed by atoms with Gasteiger partial charge in [0.1, 0.15) is 0 Å². The third kappa shape index (κ3) is 9.08. The zero-order chi connectivity index (χ0) is 23.5. The highest BCUT2D eigenvalue weighted by Gasteiger charge is 2.06. The molecule has 32 heavy (non-hydrogen) atoms. The SMILES string of the molecule is CC(C)C(/C=C\c1ccc(Cl)cc1)=N/NC(=O)N/N=C(/C=C\c1ccc(Cl)cc1)C(C)C. The Kier molecular flexibility index (Phi) is 10.2. The van der Waals surface area contributed by atoms with E-state index in [1.54, 1.807) is 0 Å². The predicted molar refractivity (Wildman–Crippen MR) is 137 cm³/mol. The van der Waals surface area contributed by atoms with Gasteiger partial charge in [-0.1, -0.05) is 87.3 Å². The smallest absolute Gasteiger partial charge is 0.245 e. The lowest BCUT2D eigenvalue weighted by Gasteiger charge is -2.08. The van der Waals surface area contributed by atoms with Gasteiger partial charge in [0.25, 0.3) is 0 Å². The first-order valence-corrected chi connectivity index (χ1v) is 11.1. The van der Waals surface area contributed by atoms with Gasteiger partial charge in [-0.3, -0.25) is 0 Å². The monoisotopic (exact) mass is 470 g/mol. The van der Waals surface area contributed by atoms with E-state index < -0.39 is 6.03 Å². The second-order valence-corrected chi connectivity index (χ2v) is 8.58. The summed E-state index contributed by atoms with van der Waals surface area (Å²) >= 11 is 11.8. The number of rotatable bonds is 8. The average molecular weight is 471 g/mol. The number of hydrogen-bond donors (Lipinski definition) is 2. The average Bonchev–Trinajstić information content (AvgIpc) is 2.75. The molecule has 0 spiro atoms.